The summed E-state index contributed by atoms with van der Waals surface area (Å²) in [5.41, 5.74) is 0.0197. The minimum atomic E-state index is -0.540. The molecule has 1 N–H and O–H groups in total. The van der Waals surface area contributed by atoms with Crippen molar-refractivity contribution in [2.45, 2.75) is 43.9 Å². The topological polar surface area (TPSA) is 83.7 Å². The number of hydrogen-bond acceptors (Lipinski definition) is 4. The van der Waals surface area contributed by atoms with Gasteiger partial charge in [-0.15, -0.1) is 0 Å². The monoisotopic (exact) mass is 310 g/mol. The maximum atomic E-state index is 12.7. The first kappa shape index (κ1) is 14.3. The van der Waals surface area contributed by atoms with Crippen molar-refractivity contribution in [3.63, 3.8) is 0 Å². The normalized spacial score (nSPS) is 27.7. The largest absolute Gasteiger partial charge is 0.393 e. The molecule has 2 fully saturated rings. The van der Waals surface area contributed by atoms with Crippen LogP contribution in [0.1, 0.15) is 36.0 Å². The van der Waals surface area contributed by atoms with Gasteiger partial charge in [0.25, 0.3) is 11.6 Å². The van der Waals surface area contributed by atoms with Gasteiger partial charge in [-0.25, -0.2) is 0 Å². The van der Waals surface area contributed by atoms with Crippen LogP contribution in [0.15, 0.2) is 18.2 Å². The molecule has 0 spiro atoms. The Morgan fingerprint density at radius 1 is 1.33 bits per heavy atom. The second kappa shape index (κ2) is 5.27. The van der Waals surface area contributed by atoms with E-state index in [1.165, 1.54) is 18.2 Å². The van der Waals surface area contributed by atoms with E-state index >= 15 is 0 Å². The van der Waals surface area contributed by atoms with Gasteiger partial charge in [0.15, 0.2) is 0 Å². The SMILES string of the molecule is O=C(c1cc([N+](=O)[O-])ccc1Cl)N1C2CCC1CC(O)C2. The molecule has 2 unspecified atom stereocenters. The number of benzene rings is 1. The molecule has 0 saturated carbocycles. The molecule has 2 aliphatic rings. The number of nitrogens with zero attached hydrogens (tertiary/aromatic N) is 2. The van der Waals surface area contributed by atoms with E-state index in [0.717, 1.165) is 12.8 Å². The highest BCUT2D eigenvalue weighted by Gasteiger charge is 2.43. The lowest BCUT2D eigenvalue weighted by atomic mass is 9.98. The molecule has 0 aliphatic carbocycles. The summed E-state index contributed by atoms with van der Waals surface area (Å²) < 4.78 is 0. The molecule has 0 aromatic heterocycles. The van der Waals surface area contributed by atoms with Gasteiger partial charge in [-0.3, -0.25) is 14.9 Å². The van der Waals surface area contributed by atoms with Crippen molar-refractivity contribution in [2.24, 2.45) is 0 Å². The van der Waals surface area contributed by atoms with E-state index < -0.39 is 4.92 Å². The van der Waals surface area contributed by atoms with Gasteiger partial charge >= 0.3 is 0 Å². The fourth-order valence-electron chi connectivity index (χ4n) is 3.41. The second-order valence-corrected chi connectivity index (χ2v) is 6.05. The van der Waals surface area contributed by atoms with Crippen molar-refractivity contribution in [1.29, 1.82) is 0 Å². The number of non-ortho nitro benzene ring substituents is 1. The molecule has 7 heteroatoms. The predicted molar refractivity (Wildman–Crippen MR) is 76.3 cm³/mol. The Labute approximate surface area is 126 Å². The summed E-state index contributed by atoms with van der Waals surface area (Å²) in [6, 6.07) is 3.90. The van der Waals surface area contributed by atoms with Crippen LogP contribution in [0.5, 0.6) is 0 Å². The van der Waals surface area contributed by atoms with Crippen molar-refractivity contribution in [1.82, 2.24) is 4.90 Å². The molecule has 2 atom stereocenters. The van der Waals surface area contributed by atoms with Crippen LogP contribution in [-0.2, 0) is 0 Å². The number of carbonyl (C=O) groups excluding carboxylic acids is 1. The standard InChI is InChI=1S/C14H15ClN2O4/c15-13-4-3-10(17(20)21)7-12(13)14(19)16-8-1-2-9(16)6-11(18)5-8/h3-4,7-9,11,18H,1-2,5-6H2. The first-order chi connectivity index (χ1) is 9.97. The molecule has 0 radical (unpaired) electrons. The number of nitro benzene ring substituents is 1. The fourth-order valence-corrected chi connectivity index (χ4v) is 3.61. The van der Waals surface area contributed by atoms with Crippen LogP contribution in [0.3, 0.4) is 0 Å². The van der Waals surface area contributed by atoms with E-state index in [0.29, 0.717) is 12.8 Å². The highest BCUT2D eigenvalue weighted by molar-refractivity contribution is 6.34. The maximum absolute atomic E-state index is 12.7. The lowest BCUT2D eigenvalue weighted by Crippen LogP contribution is -2.48. The Bertz CT molecular complexity index is 593. The molecule has 3 rings (SSSR count). The maximum Gasteiger partial charge on any atom is 0.270 e. The first-order valence-electron chi connectivity index (χ1n) is 6.92. The summed E-state index contributed by atoms with van der Waals surface area (Å²) in [4.78, 5) is 24.8. The van der Waals surface area contributed by atoms with Crippen LogP contribution in [0.4, 0.5) is 5.69 Å². The number of piperidine rings is 1. The van der Waals surface area contributed by atoms with Gasteiger partial charge in [0.2, 0.25) is 0 Å². The Hall–Kier alpha value is -1.66. The van der Waals surface area contributed by atoms with Crippen molar-refractivity contribution in [3.05, 3.63) is 38.9 Å². The van der Waals surface area contributed by atoms with Crippen LogP contribution in [0, 0.1) is 10.1 Å². The van der Waals surface area contributed by atoms with Crippen molar-refractivity contribution in [2.75, 3.05) is 0 Å². The molecule has 1 aromatic carbocycles. The second-order valence-electron chi connectivity index (χ2n) is 5.64. The summed E-state index contributed by atoms with van der Waals surface area (Å²) >= 11 is 6.04. The van der Waals surface area contributed by atoms with E-state index in [4.69, 9.17) is 11.6 Å². The zero-order valence-corrected chi connectivity index (χ0v) is 12.0. The van der Waals surface area contributed by atoms with Gasteiger partial charge in [-0.05, 0) is 31.7 Å². The summed E-state index contributed by atoms with van der Waals surface area (Å²) in [6.45, 7) is 0. The van der Waals surface area contributed by atoms with Crippen LogP contribution in [0.2, 0.25) is 5.02 Å². The molecule has 2 aliphatic heterocycles. The van der Waals surface area contributed by atoms with Gasteiger partial charge in [-0.1, -0.05) is 11.6 Å². The molecule has 112 valence electrons. The van der Waals surface area contributed by atoms with Crippen LogP contribution in [0.25, 0.3) is 0 Å². The zero-order valence-electron chi connectivity index (χ0n) is 11.2. The molecular weight excluding hydrogens is 296 g/mol. The van der Waals surface area contributed by atoms with E-state index in [-0.39, 0.29) is 40.4 Å². The zero-order chi connectivity index (χ0) is 15.1. The van der Waals surface area contributed by atoms with Gasteiger partial charge in [-0.2, -0.15) is 0 Å². The van der Waals surface area contributed by atoms with Crippen molar-refractivity contribution in [3.8, 4) is 0 Å². The quantitative estimate of drug-likeness (QED) is 0.671. The summed E-state index contributed by atoms with van der Waals surface area (Å²) in [5, 5.41) is 20.8. The molecule has 2 bridgehead atoms. The van der Waals surface area contributed by atoms with Crippen molar-refractivity contribution < 1.29 is 14.8 Å². The predicted octanol–water partition coefficient (Wildman–Crippen LogP) is 2.38. The molecule has 1 aromatic rings. The van der Waals surface area contributed by atoms with Gasteiger partial charge in [0, 0.05) is 24.2 Å². The average Bonchev–Trinajstić information content (AvgIpc) is 2.70. The Balaban J connectivity index is 1.92. The summed E-state index contributed by atoms with van der Waals surface area (Å²) in [6.07, 6.45) is 2.48. The Morgan fingerprint density at radius 2 is 1.95 bits per heavy atom. The number of carbonyl (C=O) groups is 1. The number of hydrogen-bond donors (Lipinski definition) is 1. The summed E-state index contributed by atoms with van der Waals surface area (Å²) in [7, 11) is 0. The van der Waals surface area contributed by atoms with E-state index in [1.807, 2.05) is 0 Å². The lowest BCUT2D eigenvalue weighted by molar-refractivity contribution is -0.384. The lowest BCUT2D eigenvalue weighted by Gasteiger charge is -2.37. The summed E-state index contributed by atoms with van der Waals surface area (Å²) in [5.74, 6) is -0.275. The van der Waals surface area contributed by atoms with E-state index in [2.05, 4.69) is 0 Å². The Morgan fingerprint density at radius 3 is 2.52 bits per heavy atom. The molecule has 6 nitrogen and oxygen atoms in total. The van der Waals surface area contributed by atoms with Crippen LogP contribution in [-0.4, -0.2) is 39.0 Å². The number of halogens is 1. The molecular formula is C14H15ClN2O4. The molecule has 2 heterocycles. The Kier molecular flexibility index (Phi) is 3.59. The third kappa shape index (κ3) is 2.49. The fraction of sp³-hybridized carbons (Fsp3) is 0.500. The first-order valence-corrected chi connectivity index (χ1v) is 7.30. The third-order valence-corrected chi connectivity index (χ3v) is 4.66. The third-order valence-electron chi connectivity index (χ3n) is 4.33. The number of fused-ring (bicyclic) bond motifs is 2. The van der Waals surface area contributed by atoms with E-state index in [9.17, 15) is 20.0 Å². The molecule has 2 saturated heterocycles. The molecule has 21 heavy (non-hydrogen) atoms. The smallest absolute Gasteiger partial charge is 0.270 e. The van der Waals surface area contributed by atoms with Gasteiger partial charge in [0.05, 0.1) is 21.6 Å². The number of aliphatic hydroxyl groups excluding tert-OH is 1. The number of rotatable bonds is 2. The average molecular weight is 311 g/mol. The number of amides is 1. The van der Waals surface area contributed by atoms with Crippen molar-refractivity contribution >= 4 is 23.2 Å². The number of aliphatic hydroxyl groups is 1. The molecule has 1 amide bonds. The van der Waals surface area contributed by atoms with E-state index in [1.54, 1.807) is 4.90 Å². The van der Waals surface area contributed by atoms with Gasteiger partial charge in [0.1, 0.15) is 0 Å². The highest BCUT2D eigenvalue weighted by atomic mass is 35.5. The minimum Gasteiger partial charge on any atom is -0.393 e. The van der Waals surface area contributed by atoms with Gasteiger partial charge < -0.3 is 10.0 Å². The minimum absolute atomic E-state index is 0.00146. The number of nitro groups is 1. The van der Waals surface area contributed by atoms with Crippen LogP contribution < -0.4 is 0 Å². The highest BCUT2D eigenvalue weighted by Crippen LogP contribution is 2.37. The van der Waals surface area contributed by atoms with Crippen LogP contribution >= 0.6 is 11.6 Å².